The number of nitrogens with two attached hydrogens (primary N) is 1. The van der Waals surface area contributed by atoms with Crippen LogP contribution in [0.3, 0.4) is 0 Å². The molecule has 1 aliphatic heterocycles. The smallest absolute Gasteiger partial charge is 0.118 e. The topological polar surface area (TPSA) is 47.7 Å². The number of nitrogens with zero attached hydrogens (tertiary/aromatic N) is 1. The van der Waals surface area contributed by atoms with Crippen LogP contribution in [0.15, 0.2) is 48.5 Å². The Labute approximate surface area is 176 Å². The number of hydrogen-bond acceptors (Lipinski definition) is 4. The van der Waals surface area contributed by atoms with Crippen LogP contribution in [0.4, 0.5) is 0 Å². The van der Waals surface area contributed by atoms with E-state index >= 15 is 0 Å². The lowest BCUT2D eigenvalue weighted by Gasteiger charge is -2.33. The highest BCUT2D eigenvalue weighted by Crippen LogP contribution is 2.31. The van der Waals surface area contributed by atoms with Crippen LogP contribution in [-0.4, -0.2) is 38.8 Å². The molecule has 0 spiro atoms. The van der Waals surface area contributed by atoms with Crippen LogP contribution in [0, 0.1) is 0 Å². The quantitative estimate of drug-likeness (QED) is 0.629. The van der Waals surface area contributed by atoms with Crippen molar-refractivity contribution >= 4 is 0 Å². The molecule has 0 unspecified atom stereocenters. The molecule has 1 saturated heterocycles. The van der Waals surface area contributed by atoms with E-state index in [0.717, 1.165) is 43.7 Å². The van der Waals surface area contributed by atoms with Crippen molar-refractivity contribution in [3.05, 3.63) is 59.7 Å². The molecule has 0 saturated carbocycles. The van der Waals surface area contributed by atoms with Gasteiger partial charge in [0.1, 0.15) is 11.5 Å². The van der Waals surface area contributed by atoms with E-state index in [1.54, 1.807) is 14.2 Å². The second-order valence-corrected chi connectivity index (χ2v) is 8.24. The predicted molar refractivity (Wildman–Crippen MR) is 120 cm³/mol. The first kappa shape index (κ1) is 21.7. The van der Waals surface area contributed by atoms with E-state index in [2.05, 4.69) is 29.2 Å². The summed E-state index contributed by atoms with van der Waals surface area (Å²) < 4.78 is 10.6. The van der Waals surface area contributed by atoms with Crippen LogP contribution in [0.1, 0.15) is 49.7 Å². The third-order valence-electron chi connectivity index (χ3n) is 6.23. The van der Waals surface area contributed by atoms with Crippen molar-refractivity contribution in [3.63, 3.8) is 0 Å². The highest BCUT2D eigenvalue weighted by atomic mass is 16.5. The Bertz CT molecular complexity index is 723. The molecule has 1 aliphatic rings. The molecule has 2 aromatic rings. The molecular weight excluding hydrogens is 360 g/mol. The van der Waals surface area contributed by atoms with Crippen molar-refractivity contribution in [2.75, 3.05) is 33.9 Å². The van der Waals surface area contributed by atoms with Gasteiger partial charge in [0.15, 0.2) is 0 Å². The molecule has 1 atom stereocenters. The Balaban J connectivity index is 1.66. The van der Waals surface area contributed by atoms with E-state index < -0.39 is 0 Å². The normalized spacial score (nSPS) is 16.9. The number of piperidine rings is 1. The summed E-state index contributed by atoms with van der Waals surface area (Å²) in [6.45, 7) is 3.63. The van der Waals surface area contributed by atoms with Gasteiger partial charge in [-0.1, -0.05) is 30.7 Å². The minimum absolute atomic E-state index is 0.331. The molecule has 2 aromatic carbocycles. The highest BCUT2D eigenvalue weighted by molar-refractivity contribution is 5.33. The first-order valence-corrected chi connectivity index (χ1v) is 10.9. The summed E-state index contributed by atoms with van der Waals surface area (Å²) in [6, 6.07) is 16.6. The maximum absolute atomic E-state index is 7.05. The summed E-state index contributed by atoms with van der Waals surface area (Å²) in [6.07, 6.45) is 8.05. The monoisotopic (exact) mass is 396 g/mol. The zero-order chi connectivity index (χ0) is 20.5. The van der Waals surface area contributed by atoms with E-state index in [-0.39, 0.29) is 5.54 Å². The third-order valence-corrected chi connectivity index (χ3v) is 6.23. The van der Waals surface area contributed by atoms with Gasteiger partial charge in [0, 0.05) is 5.54 Å². The van der Waals surface area contributed by atoms with Gasteiger partial charge in [-0.05, 0) is 93.6 Å². The van der Waals surface area contributed by atoms with Crippen LogP contribution < -0.4 is 15.2 Å². The second-order valence-electron chi connectivity index (χ2n) is 8.24. The summed E-state index contributed by atoms with van der Waals surface area (Å²) in [7, 11) is 3.40. The molecule has 0 amide bonds. The lowest BCUT2D eigenvalue weighted by molar-refractivity contribution is 0.214. The first-order chi connectivity index (χ1) is 14.1. The fourth-order valence-corrected chi connectivity index (χ4v) is 4.30. The van der Waals surface area contributed by atoms with Crippen LogP contribution >= 0.6 is 0 Å². The number of benzene rings is 2. The maximum Gasteiger partial charge on any atom is 0.118 e. The molecule has 29 heavy (non-hydrogen) atoms. The van der Waals surface area contributed by atoms with Crippen molar-refractivity contribution < 1.29 is 9.47 Å². The summed E-state index contributed by atoms with van der Waals surface area (Å²) in [4.78, 5) is 2.60. The number of ether oxygens (including phenoxy) is 2. The largest absolute Gasteiger partial charge is 0.497 e. The van der Waals surface area contributed by atoms with E-state index in [4.69, 9.17) is 15.2 Å². The molecule has 4 nitrogen and oxygen atoms in total. The lowest BCUT2D eigenvalue weighted by atomic mass is 9.81. The summed E-state index contributed by atoms with van der Waals surface area (Å²) in [5.41, 5.74) is 9.21. The van der Waals surface area contributed by atoms with Gasteiger partial charge < -0.3 is 20.1 Å². The van der Waals surface area contributed by atoms with Gasteiger partial charge in [0.05, 0.1) is 14.2 Å². The molecule has 0 bridgehead atoms. The molecule has 158 valence electrons. The van der Waals surface area contributed by atoms with E-state index in [1.165, 1.54) is 43.5 Å². The van der Waals surface area contributed by atoms with Crippen molar-refractivity contribution in [2.45, 2.75) is 50.5 Å². The standard InChI is InChI=1S/C25H36N2O2/c1-28-23-11-7-21(8-12-23)15-17-25(26,22-9-13-24(29-2)14-10-22)16-6-20-27-18-4-3-5-19-27/h7-14H,3-6,15-20,26H2,1-2H3/t25-/m0/s1. The van der Waals surface area contributed by atoms with Crippen molar-refractivity contribution in [3.8, 4) is 11.5 Å². The predicted octanol–water partition coefficient (Wildman–Crippen LogP) is 4.76. The van der Waals surface area contributed by atoms with Crippen LogP contribution in [-0.2, 0) is 12.0 Å². The van der Waals surface area contributed by atoms with Crippen LogP contribution in [0.2, 0.25) is 0 Å². The van der Waals surface area contributed by atoms with E-state index in [1.807, 2.05) is 24.3 Å². The summed E-state index contributed by atoms with van der Waals surface area (Å²) >= 11 is 0. The highest BCUT2D eigenvalue weighted by Gasteiger charge is 2.27. The fourth-order valence-electron chi connectivity index (χ4n) is 4.30. The van der Waals surface area contributed by atoms with Gasteiger partial charge in [-0.25, -0.2) is 0 Å². The average Bonchev–Trinajstić information content (AvgIpc) is 2.79. The lowest BCUT2D eigenvalue weighted by Crippen LogP contribution is -2.39. The Morgan fingerprint density at radius 3 is 2.00 bits per heavy atom. The minimum atomic E-state index is -0.331. The van der Waals surface area contributed by atoms with Crippen molar-refractivity contribution in [1.82, 2.24) is 4.90 Å². The molecule has 0 aliphatic carbocycles. The first-order valence-electron chi connectivity index (χ1n) is 10.9. The van der Waals surface area contributed by atoms with Crippen molar-refractivity contribution in [2.24, 2.45) is 5.73 Å². The zero-order valence-corrected chi connectivity index (χ0v) is 18.0. The van der Waals surface area contributed by atoms with Gasteiger partial charge in [0.25, 0.3) is 0 Å². The fraction of sp³-hybridized carbons (Fsp3) is 0.520. The van der Waals surface area contributed by atoms with Gasteiger partial charge in [0.2, 0.25) is 0 Å². The molecule has 0 aromatic heterocycles. The van der Waals surface area contributed by atoms with Gasteiger partial charge in [-0.3, -0.25) is 0 Å². The number of hydrogen-bond donors (Lipinski definition) is 1. The molecule has 4 heteroatoms. The number of aryl methyl sites for hydroxylation is 1. The van der Waals surface area contributed by atoms with E-state index in [9.17, 15) is 0 Å². The molecule has 1 heterocycles. The third kappa shape index (κ3) is 6.22. The number of methoxy groups -OCH3 is 2. The second kappa shape index (κ2) is 10.7. The Morgan fingerprint density at radius 2 is 1.41 bits per heavy atom. The summed E-state index contributed by atoms with van der Waals surface area (Å²) in [5.74, 6) is 1.77. The molecule has 0 radical (unpaired) electrons. The zero-order valence-electron chi connectivity index (χ0n) is 18.0. The minimum Gasteiger partial charge on any atom is -0.497 e. The summed E-state index contributed by atoms with van der Waals surface area (Å²) in [5, 5.41) is 0. The molecule has 3 rings (SSSR count). The van der Waals surface area contributed by atoms with E-state index in [0.29, 0.717) is 0 Å². The molecular formula is C25H36N2O2. The molecule has 2 N–H and O–H groups in total. The maximum atomic E-state index is 7.05. The van der Waals surface area contributed by atoms with Gasteiger partial charge in [-0.2, -0.15) is 0 Å². The Hall–Kier alpha value is -2.04. The average molecular weight is 397 g/mol. The van der Waals surface area contributed by atoms with Crippen molar-refractivity contribution in [1.29, 1.82) is 0 Å². The SMILES string of the molecule is COc1ccc(CC[C@@](N)(CCCN2CCCCC2)c2ccc(OC)cc2)cc1. The number of rotatable bonds is 10. The van der Waals surface area contributed by atoms with Crippen LogP contribution in [0.5, 0.6) is 11.5 Å². The van der Waals surface area contributed by atoms with Gasteiger partial charge in [-0.15, -0.1) is 0 Å². The number of likely N-dealkylation sites (tertiary alicyclic amines) is 1. The van der Waals surface area contributed by atoms with Crippen LogP contribution in [0.25, 0.3) is 0 Å². The van der Waals surface area contributed by atoms with Gasteiger partial charge >= 0.3 is 0 Å². The Morgan fingerprint density at radius 1 is 0.828 bits per heavy atom. The molecule has 1 fully saturated rings. The Kier molecular flexibility index (Phi) is 7.96.